The van der Waals surface area contributed by atoms with E-state index in [9.17, 15) is 0 Å². The first-order valence-electron chi connectivity index (χ1n) is 2.97. The summed E-state index contributed by atoms with van der Waals surface area (Å²) < 4.78 is 5.14. The van der Waals surface area contributed by atoms with Crippen molar-refractivity contribution in [2.24, 2.45) is 17.8 Å². The van der Waals surface area contributed by atoms with Crippen molar-refractivity contribution in [2.75, 3.05) is 13.2 Å². The summed E-state index contributed by atoms with van der Waals surface area (Å²) in [5, 5.41) is 0. The van der Waals surface area contributed by atoms with Gasteiger partial charge in [0, 0.05) is 17.8 Å². The highest BCUT2D eigenvalue weighted by atomic mass is 16.5. The molecule has 2 rings (SSSR count). The zero-order chi connectivity index (χ0) is 5.56. The van der Waals surface area contributed by atoms with Gasteiger partial charge in [-0.25, -0.2) is 0 Å². The van der Waals surface area contributed by atoms with E-state index in [1.807, 2.05) is 0 Å². The minimum absolute atomic E-state index is 0.573. The molecular weight excluding hydrogens is 100 g/mol. The van der Waals surface area contributed by atoms with Gasteiger partial charge < -0.3 is 4.74 Å². The summed E-state index contributed by atoms with van der Waals surface area (Å²) in [6, 6.07) is 0. The topological polar surface area (TPSA) is 9.23 Å². The molecule has 1 aliphatic carbocycles. The predicted molar refractivity (Wildman–Crippen MR) is 30.1 cm³/mol. The van der Waals surface area contributed by atoms with Gasteiger partial charge in [-0.1, -0.05) is 0 Å². The fourth-order valence-corrected chi connectivity index (χ4v) is 1.49. The normalized spacial score (nSPS) is 50.1. The zero-order valence-corrected chi connectivity index (χ0v) is 4.63. The number of ether oxygens (including phenoxy) is 1. The van der Waals surface area contributed by atoms with Crippen molar-refractivity contribution in [3.63, 3.8) is 0 Å². The third-order valence-corrected chi connectivity index (χ3v) is 2.14. The maximum absolute atomic E-state index is 5.22. The van der Waals surface area contributed by atoms with Gasteiger partial charge in [0.2, 0.25) is 0 Å². The smallest absolute Gasteiger partial charge is 0.0510 e. The summed E-state index contributed by atoms with van der Waals surface area (Å²) in [6.07, 6.45) is 5.22. The Morgan fingerprint density at radius 3 is 2.38 bits per heavy atom. The molecule has 0 radical (unpaired) electrons. The molecule has 1 nitrogen and oxygen atoms in total. The summed E-state index contributed by atoms with van der Waals surface area (Å²) in [7, 11) is 0. The molecule has 1 aliphatic heterocycles. The minimum atomic E-state index is 0.573. The number of fused-ring (bicyclic) bond motifs is 1. The lowest BCUT2D eigenvalue weighted by Gasteiger charge is -1.93. The van der Waals surface area contributed by atoms with Crippen LogP contribution in [0.5, 0.6) is 0 Å². The van der Waals surface area contributed by atoms with E-state index in [2.05, 4.69) is 5.92 Å². The van der Waals surface area contributed by atoms with Crippen LogP contribution in [0.1, 0.15) is 0 Å². The molecule has 1 saturated carbocycles. The van der Waals surface area contributed by atoms with E-state index < -0.39 is 0 Å². The van der Waals surface area contributed by atoms with Crippen LogP contribution in [0.2, 0.25) is 0 Å². The Bertz CT molecular complexity index is 135. The molecule has 1 saturated heterocycles. The van der Waals surface area contributed by atoms with E-state index in [0.717, 1.165) is 25.0 Å². The number of rotatable bonds is 0. The third-order valence-electron chi connectivity index (χ3n) is 2.14. The quantitative estimate of drug-likeness (QED) is 0.411. The number of terminal acetylenes is 1. The fraction of sp³-hybridized carbons (Fsp3) is 0.714. The Hall–Kier alpha value is -0.480. The van der Waals surface area contributed by atoms with Crippen LogP contribution in [0.25, 0.3) is 0 Å². The molecule has 0 amide bonds. The van der Waals surface area contributed by atoms with Crippen molar-refractivity contribution in [1.29, 1.82) is 0 Å². The Balaban J connectivity index is 2.06. The van der Waals surface area contributed by atoms with E-state index >= 15 is 0 Å². The molecule has 0 spiro atoms. The summed E-state index contributed by atoms with van der Waals surface area (Å²) in [5.74, 6) is 4.81. The molecule has 0 N–H and O–H groups in total. The second kappa shape index (κ2) is 1.27. The van der Waals surface area contributed by atoms with Gasteiger partial charge in [-0.15, -0.1) is 12.3 Å². The van der Waals surface area contributed by atoms with Crippen LogP contribution in [0, 0.1) is 30.1 Å². The molecule has 8 heavy (non-hydrogen) atoms. The molecule has 0 aromatic rings. The van der Waals surface area contributed by atoms with Crippen LogP contribution in [-0.2, 0) is 4.74 Å². The van der Waals surface area contributed by atoms with Crippen LogP contribution in [0.4, 0.5) is 0 Å². The van der Waals surface area contributed by atoms with E-state index in [1.165, 1.54) is 0 Å². The van der Waals surface area contributed by atoms with Crippen molar-refractivity contribution in [2.45, 2.75) is 0 Å². The zero-order valence-electron chi connectivity index (χ0n) is 4.63. The molecule has 2 atom stereocenters. The Labute approximate surface area is 49.0 Å². The van der Waals surface area contributed by atoms with Crippen molar-refractivity contribution in [3.8, 4) is 12.3 Å². The highest BCUT2D eigenvalue weighted by Crippen LogP contribution is 2.49. The molecule has 42 valence electrons. The van der Waals surface area contributed by atoms with Gasteiger partial charge in [0.25, 0.3) is 0 Å². The molecule has 0 aromatic heterocycles. The maximum atomic E-state index is 5.22. The Kier molecular flexibility index (Phi) is 0.698. The predicted octanol–water partition coefficient (Wildman–Crippen LogP) is 0.512. The van der Waals surface area contributed by atoms with Gasteiger partial charge in [0.15, 0.2) is 0 Å². The van der Waals surface area contributed by atoms with Crippen molar-refractivity contribution < 1.29 is 4.74 Å². The van der Waals surface area contributed by atoms with Crippen LogP contribution >= 0.6 is 0 Å². The lowest BCUT2D eigenvalue weighted by molar-refractivity contribution is 0.158. The second-order valence-corrected chi connectivity index (χ2v) is 2.56. The van der Waals surface area contributed by atoms with Crippen LogP contribution < -0.4 is 0 Å². The van der Waals surface area contributed by atoms with E-state index in [0.29, 0.717) is 5.92 Å². The molecule has 2 unspecified atom stereocenters. The van der Waals surface area contributed by atoms with Gasteiger partial charge in [-0.3, -0.25) is 0 Å². The molecule has 0 aromatic carbocycles. The Morgan fingerprint density at radius 1 is 1.38 bits per heavy atom. The van der Waals surface area contributed by atoms with E-state index in [-0.39, 0.29) is 0 Å². The molecular formula is C7H8O. The maximum Gasteiger partial charge on any atom is 0.0510 e. The van der Waals surface area contributed by atoms with Gasteiger partial charge in [-0.2, -0.15) is 0 Å². The SMILES string of the molecule is C#CC1C2COCC12. The van der Waals surface area contributed by atoms with Crippen LogP contribution in [-0.4, -0.2) is 13.2 Å². The average molecular weight is 108 g/mol. The molecule has 1 heterocycles. The standard InChI is InChI=1S/C7H8O/c1-2-5-6-3-8-4-7(5)6/h1,5-7H,3-4H2. The monoisotopic (exact) mass is 108 g/mol. The van der Waals surface area contributed by atoms with Crippen molar-refractivity contribution >= 4 is 0 Å². The average Bonchev–Trinajstić information content (AvgIpc) is 2.22. The molecule has 2 aliphatic rings. The largest absolute Gasteiger partial charge is 0.381 e. The van der Waals surface area contributed by atoms with Gasteiger partial charge >= 0.3 is 0 Å². The van der Waals surface area contributed by atoms with Gasteiger partial charge in [-0.05, 0) is 0 Å². The molecule has 1 heteroatoms. The Morgan fingerprint density at radius 2 is 2.00 bits per heavy atom. The first kappa shape index (κ1) is 4.40. The summed E-state index contributed by atoms with van der Waals surface area (Å²) >= 11 is 0. The molecule has 2 fully saturated rings. The number of hydrogen-bond donors (Lipinski definition) is 0. The lowest BCUT2D eigenvalue weighted by Crippen LogP contribution is -1.94. The second-order valence-electron chi connectivity index (χ2n) is 2.56. The first-order chi connectivity index (χ1) is 3.93. The third kappa shape index (κ3) is 0.367. The number of hydrogen-bond acceptors (Lipinski definition) is 1. The van der Waals surface area contributed by atoms with Crippen molar-refractivity contribution in [3.05, 3.63) is 0 Å². The van der Waals surface area contributed by atoms with Gasteiger partial charge in [0.05, 0.1) is 13.2 Å². The first-order valence-corrected chi connectivity index (χ1v) is 2.97. The molecule has 0 bridgehead atoms. The fourth-order valence-electron chi connectivity index (χ4n) is 1.49. The highest BCUT2D eigenvalue weighted by Gasteiger charge is 2.52. The van der Waals surface area contributed by atoms with Crippen LogP contribution in [0.15, 0.2) is 0 Å². The van der Waals surface area contributed by atoms with Crippen molar-refractivity contribution in [1.82, 2.24) is 0 Å². The van der Waals surface area contributed by atoms with Gasteiger partial charge in [0.1, 0.15) is 0 Å². The summed E-state index contributed by atoms with van der Waals surface area (Å²) in [4.78, 5) is 0. The summed E-state index contributed by atoms with van der Waals surface area (Å²) in [6.45, 7) is 1.83. The summed E-state index contributed by atoms with van der Waals surface area (Å²) in [5.41, 5.74) is 0. The minimum Gasteiger partial charge on any atom is -0.381 e. The highest BCUT2D eigenvalue weighted by molar-refractivity contribution is 5.14. The van der Waals surface area contributed by atoms with Crippen LogP contribution in [0.3, 0.4) is 0 Å². The van der Waals surface area contributed by atoms with E-state index in [4.69, 9.17) is 11.2 Å². The van der Waals surface area contributed by atoms with E-state index in [1.54, 1.807) is 0 Å². The lowest BCUT2D eigenvalue weighted by atomic mass is 10.3.